The highest BCUT2D eigenvalue weighted by Gasteiger charge is 2.21. The highest BCUT2D eigenvalue weighted by molar-refractivity contribution is 5.56. The number of aromatic nitrogens is 1. The number of pyridine rings is 1. The molecule has 0 aliphatic heterocycles. The maximum absolute atomic E-state index is 13.0. The average Bonchev–Trinajstić information content (AvgIpc) is 2.57. The summed E-state index contributed by atoms with van der Waals surface area (Å²) in [6.45, 7) is 1.81. The summed E-state index contributed by atoms with van der Waals surface area (Å²) in [6, 6.07) is 8.60. The van der Waals surface area contributed by atoms with Gasteiger partial charge in [-0.05, 0) is 24.6 Å². The SMILES string of the molecule is CO[C@H](c1ccc(F)cc1)[C@@H](C)Nc1ncc([N+](=O)[O-])cc1C#N. The van der Waals surface area contributed by atoms with Crippen molar-refractivity contribution >= 4 is 11.5 Å². The average molecular weight is 330 g/mol. The molecule has 1 aromatic heterocycles. The lowest BCUT2D eigenvalue weighted by molar-refractivity contribution is -0.385. The fourth-order valence-corrected chi connectivity index (χ4v) is 2.33. The van der Waals surface area contributed by atoms with Crippen molar-refractivity contribution in [2.75, 3.05) is 12.4 Å². The fraction of sp³-hybridized carbons (Fsp3) is 0.250. The number of nitriles is 1. The molecule has 1 N–H and O–H groups in total. The molecule has 2 atom stereocenters. The second-order valence-electron chi connectivity index (χ2n) is 5.10. The van der Waals surface area contributed by atoms with Crippen molar-refractivity contribution in [3.63, 3.8) is 0 Å². The first-order valence-corrected chi connectivity index (χ1v) is 7.05. The second-order valence-corrected chi connectivity index (χ2v) is 5.10. The van der Waals surface area contributed by atoms with Crippen molar-refractivity contribution in [3.8, 4) is 6.07 Å². The summed E-state index contributed by atoms with van der Waals surface area (Å²) >= 11 is 0. The predicted molar refractivity (Wildman–Crippen MR) is 84.8 cm³/mol. The molecule has 1 heterocycles. The first-order chi connectivity index (χ1) is 11.5. The second kappa shape index (κ2) is 7.48. The number of nitrogens with one attached hydrogen (secondary N) is 1. The van der Waals surface area contributed by atoms with Crippen LogP contribution >= 0.6 is 0 Å². The Morgan fingerprint density at radius 1 is 1.42 bits per heavy atom. The van der Waals surface area contributed by atoms with E-state index in [1.165, 1.54) is 19.2 Å². The van der Waals surface area contributed by atoms with Crippen molar-refractivity contribution in [1.82, 2.24) is 4.98 Å². The molecule has 2 rings (SSSR count). The molecular weight excluding hydrogens is 315 g/mol. The quantitative estimate of drug-likeness (QED) is 0.645. The van der Waals surface area contributed by atoms with E-state index in [4.69, 9.17) is 10.00 Å². The van der Waals surface area contributed by atoms with Gasteiger partial charge in [0.15, 0.2) is 0 Å². The molecule has 0 fully saturated rings. The van der Waals surface area contributed by atoms with Gasteiger partial charge in [0.1, 0.15) is 35.6 Å². The van der Waals surface area contributed by atoms with E-state index >= 15 is 0 Å². The van der Waals surface area contributed by atoms with Gasteiger partial charge in [0.25, 0.3) is 5.69 Å². The molecule has 0 spiro atoms. The summed E-state index contributed by atoms with van der Waals surface area (Å²) in [6.07, 6.45) is 0.657. The third kappa shape index (κ3) is 3.83. The molecule has 0 aliphatic rings. The molecule has 0 radical (unpaired) electrons. The topological polar surface area (TPSA) is 101 Å². The first-order valence-electron chi connectivity index (χ1n) is 7.05. The zero-order chi connectivity index (χ0) is 17.7. The highest BCUT2D eigenvalue weighted by Crippen LogP contribution is 2.25. The predicted octanol–water partition coefficient (Wildman–Crippen LogP) is 3.19. The summed E-state index contributed by atoms with van der Waals surface area (Å²) < 4.78 is 18.5. The van der Waals surface area contributed by atoms with Crippen LogP contribution in [0.15, 0.2) is 36.5 Å². The molecule has 0 unspecified atom stereocenters. The highest BCUT2D eigenvalue weighted by atomic mass is 19.1. The summed E-state index contributed by atoms with van der Waals surface area (Å²) in [7, 11) is 1.51. The maximum atomic E-state index is 13.0. The van der Waals surface area contributed by atoms with Gasteiger partial charge in [0.2, 0.25) is 0 Å². The van der Waals surface area contributed by atoms with Gasteiger partial charge in [0, 0.05) is 13.2 Å². The van der Waals surface area contributed by atoms with E-state index in [0.717, 1.165) is 17.8 Å². The fourth-order valence-electron chi connectivity index (χ4n) is 2.33. The van der Waals surface area contributed by atoms with Crippen LogP contribution in [0.1, 0.15) is 24.2 Å². The lowest BCUT2D eigenvalue weighted by Gasteiger charge is -2.24. The Balaban J connectivity index is 2.24. The minimum atomic E-state index is -0.614. The summed E-state index contributed by atoms with van der Waals surface area (Å²) in [4.78, 5) is 14.1. The molecule has 124 valence electrons. The zero-order valence-corrected chi connectivity index (χ0v) is 13.1. The van der Waals surface area contributed by atoms with Crippen LogP contribution in [0.2, 0.25) is 0 Å². The van der Waals surface area contributed by atoms with E-state index in [1.54, 1.807) is 12.1 Å². The largest absolute Gasteiger partial charge is 0.375 e. The van der Waals surface area contributed by atoms with Gasteiger partial charge < -0.3 is 10.1 Å². The van der Waals surface area contributed by atoms with Gasteiger partial charge in [0.05, 0.1) is 11.0 Å². The number of rotatable bonds is 6. The number of hydrogen-bond acceptors (Lipinski definition) is 6. The third-order valence-electron chi connectivity index (χ3n) is 3.48. The van der Waals surface area contributed by atoms with Crippen LogP contribution in [0, 0.1) is 27.3 Å². The number of nitro groups is 1. The van der Waals surface area contributed by atoms with E-state index < -0.39 is 11.0 Å². The number of ether oxygens (including phenoxy) is 1. The molecule has 8 heteroatoms. The van der Waals surface area contributed by atoms with Crippen LogP contribution in [-0.2, 0) is 4.74 Å². The Morgan fingerprint density at radius 2 is 2.08 bits per heavy atom. The summed E-state index contributed by atoms with van der Waals surface area (Å²) in [5, 5.41) is 22.9. The molecule has 0 aliphatic carbocycles. The number of halogens is 1. The Morgan fingerprint density at radius 3 is 2.62 bits per heavy atom. The van der Waals surface area contributed by atoms with Crippen LogP contribution in [-0.4, -0.2) is 23.1 Å². The van der Waals surface area contributed by atoms with Crippen molar-refractivity contribution in [2.24, 2.45) is 0 Å². The molecular formula is C16H15FN4O3. The minimum absolute atomic E-state index is 0.0602. The Labute approximate surface area is 137 Å². The number of nitrogens with zero attached hydrogens (tertiary/aromatic N) is 3. The molecule has 0 amide bonds. The molecule has 24 heavy (non-hydrogen) atoms. The van der Waals surface area contributed by atoms with E-state index in [9.17, 15) is 14.5 Å². The van der Waals surface area contributed by atoms with Gasteiger partial charge in [-0.15, -0.1) is 0 Å². The van der Waals surface area contributed by atoms with Gasteiger partial charge in [-0.2, -0.15) is 5.26 Å². The monoisotopic (exact) mass is 330 g/mol. The molecule has 0 saturated heterocycles. The minimum Gasteiger partial charge on any atom is -0.375 e. The van der Waals surface area contributed by atoms with E-state index in [0.29, 0.717) is 0 Å². The van der Waals surface area contributed by atoms with E-state index in [2.05, 4.69) is 10.3 Å². The lowest BCUT2D eigenvalue weighted by Crippen LogP contribution is -2.26. The van der Waals surface area contributed by atoms with Crippen LogP contribution in [0.4, 0.5) is 15.9 Å². The Bertz CT molecular complexity index is 774. The van der Waals surface area contributed by atoms with Gasteiger partial charge in [-0.3, -0.25) is 10.1 Å². The van der Waals surface area contributed by atoms with Crippen LogP contribution in [0.5, 0.6) is 0 Å². The summed E-state index contributed by atoms with van der Waals surface area (Å²) in [5.41, 5.74) is 0.552. The molecule has 2 aromatic rings. The molecule has 0 saturated carbocycles. The number of benzene rings is 1. The number of anilines is 1. The first kappa shape index (κ1) is 17.3. The smallest absolute Gasteiger partial charge is 0.289 e. The van der Waals surface area contributed by atoms with Gasteiger partial charge in [-0.1, -0.05) is 12.1 Å². The van der Waals surface area contributed by atoms with Crippen LogP contribution in [0.3, 0.4) is 0 Å². The van der Waals surface area contributed by atoms with Crippen molar-refractivity contribution in [2.45, 2.75) is 19.1 Å². The third-order valence-corrected chi connectivity index (χ3v) is 3.48. The normalized spacial score (nSPS) is 12.9. The standard InChI is InChI=1S/C16H15FN4O3/c1-10(15(24-2)11-3-5-13(17)6-4-11)20-16-12(8-18)7-14(9-19-16)21(22)23/h3-7,9-10,15H,1-2H3,(H,19,20)/t10-,15+/m1/s1. The Hall–Kier alpha value is -3.05. The van der Waals surface area contributed by atoms with Crippen molar-refractivity contribution in [1.29, 1.82) is 5.26 Å². The number of hydrogen-bond donors (Lipinski definition) is 1. The van der Waals surface area contributed by atoms with Crippen molar-refractivity contribution in [3.05, 3.63) is 63.6 Å². The molecule has 1 aromatic carbocycles. The van der Waals surface area contributed by atoms with Crippen molar-refractivity contribution < 1.29 is 14.1 Å². The lowest BCUT2D eigenvalue weighted by atomic mass is 10.0. The number of methoxy groups -OCH3 is 1. The molecule has 0 bridgehead atoms. The molecule has 7 nitrogen and oxygen atoms in total. The Kier molecular flexibility index (Phi) is 5.39. The van der Waals surface area contributed by atoms with Gasteiger partial charge in [-0.25, -0.2) is 9.37 Å². The summed E-state index contributed by atoms with van der Waals surface area (Å²) in [5.74, 6) is -0.127. The van der Waals surface area contributed by atoms with E-state index in [-0.39, 0.29) is 28.9 Å². The zero-order valence-electron chi connectivity index (χ0n) is 13.1. The maximum Gasteiger partial charge on any atom is 0.289 e. The van der Waals surface area contributed by atoms with Crippen LogP contribution in [0.25, 0.3) is 0 Å². The van der Waals surface area contributed by atoms with Crippen LogP contribution < -0.4 is 5.32 Å². The van der Waals surface area contributed by atoms with E-state index in [1.807, 2.05) is 13.0 Å². The van der Waals surface area contributed by atoms with Gasteiger partial charge >= 0.3 is 0 Å².